The van der Waals surface area contributed by atoms with Gasteiger partial charge in [-0.1, -0.05) is 13.8 Å². The Labute approximate surface area is 127 Å². The zero-order valence-corrected chi connectivity index (χ0v) is 13.2. The largest absolute Gasteiger partial charge is 0.496 e. The summed E-state index contributed by atoms with van der Waals surface area (Å²) in [6.45, 7) is 7.12. The van der Waals surface area contributed by atoms with Gasteiger partial charge in [-0.2, -0.15) is 5.10 Å². The van der Waals surface area contributed by atoms with Gasteiger partial charge in [0.25, 0.3) is 0 Å². The van der Waals surface area contributed by atoms with E-state index in [4.69, 9.17) is 4.74 Å². The maximum atomic E-state index is 5.46. The lowest BCUT2D eigenvalue weighted by molar-refractivity contribution is 0.408. The van der Waals surface area contributed by atoms with Gasteiger partial charge in [-0.05, 0) is 43.7 Å². The average Bonchev–Trinajstić information content (AvgIpc) is 2.96. The molecule has 0 saturated carbocycles. The van der Waals surface area contributed by atoms with Crippen molar-refractivity contribution >= 4 is 0 Å². The number of hydrogen-bond acceptors (Lipinski definition) is 3. The first-order valence-electron chi connectivity index (χ1n) is 7.70. The summed E-state index contributed by atoms with van der Waals surface area (Å²) < 4.78 is 7.52. The summed E-state index contributed by atoms with van der Waals surface area (Å²) in [4.78, 5) is 0. The highest BCUT2D eigenvalue weighted by atomic mass is 16.5. The number of nitrogens with one attached hydrogen (secondary N) is 1. The number of aromatic nitrogens is 2. The summed E-state index contributed by atoms with van der Waals surface area (Å²) in [5.41, 5.74) is 3.54. The molecular formula is C17H25N3O. The SMILES string of the molecule is CCCNCc1cc(-c2ccnn2CCC)ccc1OC. The second kappa shape index (κ2) is 7.84. The molecule has 1 aromatic carbocycles. The highest BCUT2D eigenvalue weighted by Crippen LogP contribution is 2.26. The van der Waals surface area contributed by atoms with E-state index in [0.29, 0.717) is 0 Å². The van der Waals surface area contributed by atoms with Gasteiger partial charge in [-0.25, -0.2) is 0 Å². The lowest BCUT2D eigenvalue weighted by Crippen LogP contribution is -2.14. The molecule has 21 heavy (non-hydrogen) atoms. The van der Waals surface area contributed by atoms with Crippen molar-refractivity contribution in [2.24, 2.45) is 0 Å². The molecule has 4 heteroatoms. The van der Waals surface area contributed by atoms with Crippen molar-refractivity contribution in [3.05, 3.63) is 36.0 Å². The Kier molecular flexibility index (Phi) is 5.81. The van der Waals surface area contributed by atoms with E-state index in [0.717, 1.165) is 43.9 Å². The van der Waals surface area contributed by atoms with Crippen LogP contribution in [0.1, 0.15) is 32.3 Å². The van der Waals surface area contributed by atoms with Crippen LogP contribution in [0, 0.1) is 0 Å². The molecule has 2 rings (SSSR count). The normalized spacial score (nSPS) is 10.8. The second-order valence-electron chi connectivity index (χ2n) is 5.14. The molecule has 0 amide bonds. The van der Waals surface area contributed by atoms with Crippen LogP contribution in [0.25, 0.3) is 11.3 Å². The molecule has 0 radical (unpaired) electrons. The quantitative estimate of drug-likeness (QED) is 0.756. The summed E-state index contributed by atoms with van der Waals surface area (Å²) in [5, 5.41) is 7.84. The predicted octanol–water partition coefficient (Wildman–Crippen LogP) is 3.47. The minimum atomic E-state index is 0.826. The van der Waals surface area contributed by atoms with Crippen molar-refractivity contribution in [2.75, 3.05) is 13.7 Å². The van der Waals surface area contributed by atoms with Crippen LogP contribution in [0.15, 0.2) is 30.5 Å². The number of methoxy groups -OCH3 is 1. The van der Waals surface area contributed by atoms with Crippen LogP contribution in [0.3, 0.4) is 0 Å². The third-order valence-electron chi connectivity index (χ3n) is 3.47. The van der Waals surface area contributed by atoms with Gasteiger partial charge in [0.05, 0.1) is 12.8 Å². The molecule has 0 spiro atoms. The van der Waals surface area contributed by atoms with E-state index < -0.39 is 0 Å². The minimum absolute atomic E-state index is 0.826. The third kappa shape index (κ3) is 3.85. The number of rotatable bonds is 8. The highest BCUT2D eigenvalue weighted by Gasteiger charge is 2.09. The Morgan fingerprint density at radius 2 is 2.05 bits per heavy atom. The summed E-state index contributed by atoms with van der Waals surface area (Å²) in [7, 11) is 1.72. The van der Waals surface area contributed by atoms with Gasteiger partial charge in [-0.15, -0.1) is 0 Å². The van der Waals surface area contributed by atoms with E-state index in [-0.39, 0.29) is 0 Å². The molecule has 0 aliphatic rings. The van der Waals surface area contributed by atoms with E-state index in [1.807, 2.05) is 12.3 Å². The van der Waals surface area contributed by atoms with Crippen molar-refractivity contribution < 1.29 is 4.74 Å². The molecule has 1 heterocycles. The number of ether oxygens (including phenoxy) is 1. The topological polar surface area (TPSA) is 39.1 Å². The van der Waals surface area contributed by atoms with Gasteiger partial charge in [0.1, 0.15) is 5.75 Å². The van der Waals surface area contributed by atoms with Crippen LogP contribution in [-0.4, -0.2) is 23.4 Å². The number of hydrogen-bond donors (Lipinski definition) is 1. The Morgan fingerprint density at radius 3 is 2.76 bits per heavy atom. The molecule has 0 aliphatic heterocycles. The molecule has 0 fully saturated rings. The predicted molar refractivity (Wildman–Crippen MR) is 86.5 cm³/mol. The van der Waals surface area contributed by atoms with E-state index in [1.54, 1.807) is 7.11 Å². The minimum Gasteiger partial charge on any atom is -0.496 e. The zero-order valence-electron chi connectivity index (χ0n) is 13.2. The van der Waals surface area contributed by atoms with Crippen LogP contribution >= 0.6 is 0 Å². The number of aryl methyl sites for hydroxylation is 1. The van der Waals surface area contributed by atoms with Crippen molar-refractivity contribution in [3.8, 4) is 17.0 Å². The maximum Gasteiger partial charge on any atom is 0.123 e. The summed E-state index contributed by atoms with van der Waals surface area (Å²) in [6, 6.07) is 8.41. The zero-order chi connectivity index (χ0) is 15.1. The van der Waals surface area contributed by atoms with Crippen molar-refractivity contribution in [3.63, 3.8) is 0 Å². The second-order valence-corrected chi connectivity index (χ2v) is 5.14. The maximum absolute atomic E-state index is 5.46. The van der Waals surface area contributed by atoms with Crippen LogP contribution in [0.5, 0.6) is 5.75 Å². The monoisotopic (exact) mass is 287 g/mol. The van der Waals surface area contributed by atoms with Crippen molar-refractivity contribution in [1.29, 1.82) is 0 Å². The van der Waals surface area contributed by atoms with Gasteiger partial charge < -0.3 is 10.1 Å². The van der Waals surface area contributed by atoms with E-state index in [2.05, 4.69) is 47.1 Å². The molecule has 0 aliphatic carbocycles. The smallest absolute Gasteiger partial charge is 0.123 e. The molecule has 0 saturated heterocycles. The van der Waals surface area contributed by atoms with Crippen LogP contribution in [-0.2, 0) is 13.1 Å². The summed E-state index contributed by atoms with van der Waals surface area (Å²) in [5.74, 6) is 0.934. The fourth-order valence-electron chi connectivity index (χ4n) is 2.44. The first kappa shape index (κ1) is 15.6. The molecule has 2 aromatic rings. The molecule has 1 N–H and O–H groups in total. The van der Waals surface area contributed by atoms with Crippen molar-refractivity contribution in [1.82, 2.24) is 15.1 Å². The van der Waals surface area contributed by atoms with Gasteiger partial charge in [-0.3, -0.25) is 4.68 Å². The van der Waals surface area contributed by atoms with Crippen LogP contribution in [0.4, 0.5) is 0 Å². The lowest BCUT2D eigenvalue weighted by Gasteiger charge is -2.12. The molecule has 0 unspecified atom stereocenters. The highest BCUT2D eigenvalue weighted by molar-refractivity contribution is 5.62. The van der Waals surface area contributed by atoms with Crippen molar-refractivity contribution in [2.45, 2.75) is 39.8 Å². The van der Waals surface area contributed by atoms with E-state index in [9.17, 15) is 0 Å². The summed E-state index contributed by atoms with van der Waals surface area (Å²) in [6.07, 6.45) is 4.07. The summed E-state index contributed by atoms with van der Waals surface area (Å²) >= 11 is 0. The molecule has 1 aromatic heterocycles. The molecule has 114 valence electrons. The number of nitrogens with zero attached hydrogens (tertiary/aromatic N) is 2. The Hall–Kier alpha value is -1.81. The van der Waals surface area contributed by atoms with Gasteiger partial charge in [0.15, 0.2) is 0 Å². The molecule has 0 atom stereocenters. The molecular weight excluding hydrogens is 262 g/mol. The van der Waals surface area contributed by atoms with E-state index >= 15 is 0 Å². The lowest BCUT2D eigenvalue weighted by atomic mass is 10.1. The van der Waals surface area contributed by atoms with Gasteiger partial charge in [0, 0.05) is 30.4 Å². The first-order chi connectivity index (χ1) is 10.3. The molecule has 4 nitrogen and oxygen atoms in total. The third-order valence-corrected chi connectivity index (χ3v) is 3.47. The van der Waals surface area contributed by atoms with Gasteiger partial charge >= 0.3 is 0 Å². The fraction of sp³-hybridized carbons (Fsp3) is 0.471. The van der Waals surface area contributed by atoms with Crippen LogP contribution in [0.2, 0.25) is 0 Å². The van der Waals surface area contributed by atoms with Crippen LogP contribution < -0.4 is 10.1 Å². The van der Waals surface area contributed by atoms with E-state index in [1.165, 1.54) is 11.1 Å². The average molecular weight is 287 g/mol. The first-order valence-corrected chi connectivity index (χ1v) is 7.70. The van der Waals surface area contributed by atoms with Gasteiger partial charge in [0.2, 0.25) is 0 Å². The standard InChI is InChI=1S/C17H25N3O/c1-4-9-18-13-15-12-14(6-7-17(15)21-3)16-8-10-19-20(16)11-5-2/h6-8,10,12,18H,4-5,9,11,13H2,1-3H3. The fourth-order valence-corrected chi connectivity index (χ4v) is 2.44. The number of benzene rings is 1. The Bertz CT molecular complexity index is 563. The Morgan fingerprint density at radius 1 is 1.19 bits per heavy atom. The Balaban J connectivity index is 2.27. The molecule has 0 bridgehead atoms.